The van der Waals surface area contributed by atoms with Crippen molar-refractivity contribution in [2.75, 3.05) is 4.90 Å². The number of rotatable bonds is 4. The summed E-state index contributed by atoms with van der Waals surface area (Å²) < 4.78 is 5.02. The summed E-state index contributed by atoms with van der Waals surface area (Å²) in [6.45, 7) is 0. The van der Waals surface area contributed by atoms with E-state index in [1.165, 1.54) is 74.3 Å². The quantitative estimate of drug-likeness (QED) is 0.170. The SMILES string of the molecule is c1ccc(-n2c3ccccc3c3c(N(c4ccc5ccc6c7ccccc7ccc6c5c4)c4ccc5sc6ccccc6c5c4)cccc32)cc1. The maximum atomic E-state index is 2.48. The molecular formula is C48H30N2S. The smallest absolute Gasteiger partial charge is 0.0562 e. The molecular weight excluding hydrogens is 637 g/mol. The van der Waals surface area contributed by atoms with E-state index in [0.29, 0.717) is 0 Å². The minimum absolute atomic E-state index is 1.13. The molecule has 2 heterocycles. The van der Waals surface area contributed by atoms with Crippen molar-refractivity contribution in [2.24, 2.45) is 0 Å². The van der Waals surface area contributed by atoms with E-state index in [0.717, 1.165) is 22.7 Å². The van der Waals surface area contributed by atoms with Crippen LogP contribution in [0.4, 0.5) is 17.1 Å². The lowest BCUT2D eigenvalue weighted by molar-refractivity contribution is 1.18. The van der Waals surface area contributed by atoms with E-state index in [2.05, 4.69) is 191 Å². The monoisotopic (exact) mass is 666 g/mol. The second-order valence-corrected chi connectivity index (χ2v) is 14.4. The highest BCUT2D eigenvalue weighted by molar-refractivity contribution is 7.25. The van der Waals surface area contributed by atoms with Crippen molar-refractivity contribution in [2.45, 2.75) is 0 Å². The number of aromatic nitrogens is 1. The fraction of sp³-hybridized carbons (Fsp3) is 0. The molecule has 0 aliphatic rings. The van der Waals surface area contributed by atoms with Crippen molar-refractivity contribution in [3.63, 3.8) is 0 Å². The molecule has 0 bridgehead atoms. The Bertz CT molecular complexity index is 3150. The number of anilines is 3. The van der Waals surface area contributed by atoms with Gasteiger partial charge >= 0.3 is 0 Å². The van der Waals surface area contributed by atoms with Gasteiger partial charge in [-0.2, -0.15) is 0 Å². The number of fused-ring (bicyclic) bond motifs is 11. The molecule has 0 amide bonds. The van der Waals surface area contributed by atoms with Crippen molar-refractivity contribution >= 4 is 103 Å². The van der Waals surface area contributed by atoms with E-state index in [9.17, 15) is 0 Å². The Hall–Kier alpha value is -6.42. The van der Waals surface area contributed by atoms with Gasteiger partial charge in [0.1, 0.15) is 0 Å². The van der Waals surface area contributed by atoms with E-state index in [-0.39, 0.29) is 0 Å². The normalized spacial score (nSPS) is 11.9. The van der Waals surface area contributed by atoms with Gasteiger partial charge in [-0.3, -0.25) is 0 Å². The molecule has 0 spiro atoms. The van der Waals surface area contributed by atoms with Crippen LogP contribution in [-0.2, 0) is 0 Å². The van der Waals surface area contributed by atoms with E-state index in [4.69, 9.17) is 0 Å². The van der Waals surface area contributed by atoms with Crippen molar-refractivity contribution in [1.82, 2.24) is 4.57 Å². The highest BCUT2D eigenvalue weighted by atomic mass is 32.1. The van der Waals surface area contributed by atoms with Gasteiger partial charge in [-0.05, 0) is 99.0 Å². The van der Waals surface area contributed by atoms with Gasteiger partial charge in [0.2, 0.25) is 0 Å². The summed E-state index contributed by atoms with van der Waals surface area (Å²) in [5.74, 6) is 0. The predicted molar refractivity (Wildman–Crippen MR) is 221 cm³/mol. The minimum atomic E-state index is 1.13. The Morgan fingerprint density at radius 1 is 0.373 bits per heavy atom. The van der Waals surface area contributed by atoms with Crippen LogP contribution in [0.5, 0.6) is 0 Å². The minimum Gasteiger partial charge on any atom is -0.310 e. The topological polar surface area (TPSA) is 8.17 Å². The summed E-state index contributed by atoms with van der Waals surface area (Å²) in [5, 5.41) is 12.6. The first-order chi connectivity index (χ1) is 25.3. The highest BCUT2D eigenvalue weighted by Crippen LogP contribution is 2.46. The molecule has 0 unspecified atom stereocenters. The number of para-hydroxylation sites is 2. The lowest BCUT2D eigenvalue weighted by Crippen LogP contribution is -2.10. The average Bonchev–Trinajstić information content (AvgIpc) is 3.74. The van der Waals surface area contributed by atoms with Crippen LogP contribution in [0.25, 0.3) is 80.0 Å². The number of thiophene rings is 1. The van der Waals surface area contributed by atoms with Crippen LogP contribution >= 0.6 is 11.3 Å². The molecule has 0 N–H and O–H groups in total. The first-order valence-electron chi connectivity index (χ1n) is 17.4. The molecule has 0 aliphatic carbocycles. The summed E-state index contributed by atoms with van der Waals surface area (Å²) in [6.07, 6.45) is 0. The third-order valence-corrected chi connectivity index (χ3v) is 11.7. The molecule has 0 saturated heterocycles. The lowest BCUT2D eigenvalue weighted by atomic mass is 9.96. The zero-order valence-electron chi connectivity index (χ0n) is 27.6. The second-order valence-electron chi connectivity index (χ2n) is 13.3. The molecule has 0 aliphatic heterocycles. The molecule has 0 fully saturated rings. The first-order valence-corrected chi connectivity index (χ1v) is 18.3. The number of benzene rings is 9. The van der Waals surface area contributed by atoms with Gasteiger partial charge in [0.25, 0.3) is 0 Å². The largest absolute Gasteiger partial charge is 0.310 e. The highest BCUT2D eigenvalue weighted by Gasteiger charge is 2.22. The summed E-state index contributed by atoms with van der Waals surface area (Å²) in [5.41, 5.74) is 6.96. The van der Waals surface area contributed by atoms with Gasteiger partial charge in [0.05, 0.1) is 16.7 Å². The molecule has 238 valence electrons. The van der Waals surface area contributed by atoms with Crippen molar-refractivity contribution < 1.29 is 0 Å². The van der Waals surface area contributed by atoms with Gasteiger partial charge in [0.15, 0.2) is 0 Å². The van der Waals surface area contributed by atoms with Crippen LogP contribution in [0.1, 0.15) is 0 Å². The molecule has 0 saturated carbocycles. The predicted octanol–water partition coefficient (Wildman–Crippen LogP) is 14.1. The summed E-state index contributed by atoms with van der Waals surface area (Å²) in [4.78, 5) is 2.48. The average molecular weight is 667 g/mol. The van der Waals surface area contributed by atoms with E-state index >= 15 is 0 Å². The Kier molecular flexibility index (Phi) is 6.16. The molecule has 2 nitrogen and oxygen atoms in total. The number of hydrogen-bond acceptors (Lipinski definition) is 2. The van der Waals surface area contributed by atoms with Crippen molar-refractivity contribution in [1.29, 1.82) is 0 Å². The molecule has 0 radical (unpaired) electrons. The van der Waals surface area contributed by atoms with Gasteiger partial charge in [0, 0.05) is 48.0 Å². The summed E-state index contributed by atoms with van der Waals surface area (Å²) in [7, 11) is 0. The van der Waals surface area contributed by atoms with Gasteiger partial charge in [-0.15, -0.1) is 11.3 Å². The van der Waals surface area contributed by atoms with Crippen LogP contribution in [0, 0.1) is 0 Å². The van der Waals surface area contributed by atoms with Gasteiger partial charge in [-0.1, -0.05) is 115 Å². The summed E-state index contributed by atoms with van der Waals surface area (Å²) in [6, 6.07) is 66.9. The zero-order valence-corrected chi connectivity index (χ0v) is 28.4. The zero-order chi connectivity index (χ0) is 33.5. The van der Waals surface area contributed by atoms with E-state index < -0.39 is 0 Å². The first kappa shape index (κ1) is 28.4. The Morgan fingerprint density at radius 3 is 1.84 bits per heavy atom. The van der Waals surface area contributed by atoms with Crippen LogP contribution < -0.4 is 4.90 Å². The fourth-order valence-corrected chi connectivity index (χ4v) is 9.35. The fourth-order valence-electron chi connectivity index (χ4n) is 8.27. The van der Waals surface area contributed by atoms with Crippen molar-refractivity contribution in [3.8, 4) is 5.69 Å². The van der Waals surface area contributed by atoms with Gasteiger partial charge < -0.3 is 9.47 Å². The third kappa shape index (κ3) is 4.29. The Morgan fingerprint density at radius 2 is 0.980 bits per heavy atom. The van der Waals surface area contributed by atoms with Gasteiger partial charge in [-0.25, -0.2) is 0 Å². The molecule has 2 aromatic heterocycles. The number of nitrogens with zero attached hydrogens (tertiary/aromatic N) is 2. The molecule has 9 aromatic carbocycles. The number of hydrogen-bond donors (Lipinski definition) is 0. The molecule has 51 heavy (non-hydrogen) atoms. The lowest BCUT2D eigenvalue weighted by Gasteiger charge is -2.27. The standard InChI is InChI=1S/C48H30N2S/c1-2-12-33(13-3-1)50-43-17-8-6-16-40(43)48-44(18-10-19-45(48)50)49(35-25-28-47-42(30-35)39-15-7-9-20-46(39)51-47)34-24-21-32-23-26-37-36-14-5-4-11-31(36)22-27-38(37)41(32)29-34/h1-30H. The molecule has 11 rings (SSSR count). The summed E-state index contributed by atoms with van der Waals surface area (Å²) >= 11 is 1.86. The van der Waals surface area contributed by atoms with E-state index in [1.54, 1.807) is 0 Å². The van der Waals surface area contributed by atoms with Crippen LogP contribution in [0.15, 0.2) is 182 Å². The maximum absolute atomic E-state index is 2.48. The Labute approximate surface area is 298 Å². The van der Waals surface area contributed by atoms with E-state index in [1.807, 2.05) is 11.3 Å². The Balaban J connectivity index is 1.24. The molecule has 0 atom stereocenters. The van der Waals surface area contributed by atoms with Crippen molar-refractivity contribution in [3.05, 3.63) is 182 Å². The van der Waals surface area contributed by atoms with Crippen LogP contribution in [0.2, 0.25) is 0 Å². The van der Waals surface area contributed by atoms with Crippen LogP contribution in [0.3, 0.4) is 0 Å². The second kappa shape index (κ2) is 11.0. The van der Waals surface area contributed by atoms with Crippen LogP contribution in [-0.4, -0.2) is 4.57 Å². The third-order valence-electron chi connectivity index (χ3n) is 10.5. The maximum Gasteiger partial charge on any atom is 0.0562 e. The molecule has 11 aromatic rings. The molecule has 3 heteroatoms.